The van der Waals surface area contributed by atoms with Gasteiger partial charge in [-0.1, -0.05) is 0 Å². The van der Waals surface area contributed by atoms with Gasteiger partial charge in [-0.3, -0.25) is 4.79 Å². The molecule has 1 aliphatic rings. The number of hydrogen-bond acceptors (Lipinski definition) is 4. The van der Waals surface area contributed by atoms with Crippen LogP contribution in [0.1, 0.15) is 29.6 Å². The molecule has 0 aromatic heterocycles. The minimum absolute atomic E-state index is 0.0357. The Labute approximate surface area is 118 Å². The lowest BCUT2D eigenvalue weighted by molar-refractivity contribution is -0.00121. The lowest BCUT2D eigenvalue weighted by Gasteiger charge is -2.34. The predicted octanol–water partition coefficient (Wildman–Crippen LogP) is 1.95. The Hall–Kier alpha value is -1.75. The highest BCUT2D eigenvalue weighted by Gasteiger charge is 2.28. The van der Waals surface area contributed by atoms with E-state index < -0.39 is 0 Å². The average molecular weight is 279 g/mol. The molecule has 5 nitrogen and oxygen atoms in total. The highest BCUT2D eigenvalue weighted by molar-refractivity contribution is 5.97. The Morgan fingerprint density at radius 2 is 2.15 bits per heavy atom. The van der Waals surface area contributed by atoms with Gasteiger partial charge >= 0.3 is 0 Å². The van der Waals surface area contributed by atoms with Crippen LogP contribution in [-0.4, -0.2) is 37.9 Å². The zero-order valence-corrected chi connectivity index (χ0v) is 11.9. The molecule has 0 unspecified atom stereocenters. The van der Waals surface area contributed by atoms with E-state index in [9.17, 15) is 9.90 Å². The van der Waals surface area contributed by atoms with Gasteiger partial charge in [-0.15, -0.1) is 0 Å². The second-order valence-corrected chi connectivity index (χ2v) is 5.12. The molecule has 0 atom stereocenters. The fraction of sp³-hybridized carbons (Fsp3) is 0.533. The second-order valence-electron chi connectivity index (χ2n) is 5.12. The van der Waals surface area contributed by atoms with Crippen molar-refractivity contribution in [1.82, 2.24) is 5.32 Å². The Kier molecular flexibility index (Phi) is 4.84. The van der Waals surface area contributed by atoms with Gasteiger partial charge in [0.2, 0.25) is 0 Å². The van der Waals surface area contributed by atoms with Gasteiger partial charge in [0, 0.05) is 13.7 Å². The number of ether oxygens (including phenoxy) is 2. The van der Waals surface area contributed by atoms with Crippen LogP contribution in [0, 0.1) is 5.92 Å². The molecule has 0 spiro atoms. The first-order valence-corrected chi connectivity index (χ1v) is 6.82. The van der Waals surface area contributed by atoms with Crippen molar-refractivity contribution in [3.63, 3.8) is 0 Å². The highest BCUT2D eigenvalue weighted by Crippen LogP contribution is 2.31. The summed E-state index contributed by atoms with van der Waals surface area (Å²) in [5, 5.41) is 12.5. The van der Waals surface area contributed by atoms with Crippen LogP contribution < -0.4 is 10.1 Å². The lowest BCUT2D eigenvalue weighted by atomic mass is 9.80. The largest absolute Gasteiger partial charge is 0.507 e. The number of hydrogen-bond donors (Lipinski definition) is 2. The van der Waals surface area contributed by atoms with E-state index in [0.717, 1.165) is 19.3 Å². The molecule has 1 aromatic rings. The van der Waals surface area contributed by atoms with Crippen molar-refractivity contribution in [3.05, 3.63) is 23.8 Å². The molecule has 1 saturated carbocycles. The van der Waals surface area contributed by atoms with Crippen LogP contribution in [0.5, 0.6) is 11.5 Å². The third-order valence-electron chi connectivity index (χ3n) is 3.81. The molecular formula is C15H21NO4. The van der Waals surface area contributed by atoms with Gasteiger partial charge < -0.3 is 19.9 Å². The summed E-state index contributed by atoms with van der Waals surface area (Å²) in [5.74, 6) is 0.865. The van der Waals surface area contributed by atoms with E-state index in [1.54, 1.807) is 13.2 Å². The summed E-state index contributed by atoms with van der Waals surface area (Å²) in [4.78, 5) is 12.0. The third-order valence-corrected chi connectivity index (χ3v) is 3.81. The number of phenolic OH excluding ortho intramolecular Hbond substituents is 1. The quantitative estimate of drug-likeness (QED) is 0.835. The lowest BCUT2D eigenvalue weighted by Crippen LogP contribution is -2.34. The summed E-state index contributed by atoms with van der Waals surface area (Å²) in [6, 6.07) is 4.61. The Morgan fingerprint density at radius 3 is 2.80 bits per heavy atom. The minimum Gasteiger partial charge on any atom is -0.507 e. The molecule has 0 saturated heterocycles. The maximum absolute atomic E-state index is 12.0. The van der Waals surface area contributed by atoms with Gasteiger partial charge in [-0.05, 0) is 43.4 Å². The summed E-state index contributed by atoms with van der Waals surface area (Å²) in [5.41, 5.74) is 0.243. The number of nitrogens with one attached hydrogen (secondary N) is 1. The van der Waals surface area contributed by atoms with Crippen molar-refractivity contribution >= 4 is 5.91 Å². The predicted molar refractivity (Wildman–Crippen MR) is 75.1 cm³/mol. The van der Waals surface area contributed by atoms with Crippen LogP contribution in [0.4, 0.5) is 0 Å². The van der Waals surface area contributed by atoms with Gasteiger partial charge in [-0.2, -0.15) is 0 Å². The number of rotatable bonds is 6. The van der Waals surface area contributed by atoms with Crippen LogP contribution in [0.2, 0.25) is 0 Å². The summed E-state index contributed by atoms with van der Waals surface area (Å²) in [7, 11) is 3.26. The second kappa shape index (κ2) is 6.61. The normalized spacial score (nSPS) is 21.1. The number of phenols is 1. The number of benzene rings is 1. The molecule has 110 valence electrons. The number of amides is 1. The van der Waals surface area contributed by atoms with Gasteiger partial charge in [0.1, 0.15) is 11.5 Å². The summed E-state index contributed by atoms with van der Waals surface area (Å²) in [6.07, 6.45) is 3.46. The van der Waals surface area contributed by atoms with E-state index in [0.29, 0.717) is 24.3 Å². The number of aromatic hydroxyl groups is 1. The fourth-order valence-electron chi connectivity index (χ4n) is 2.41. The molecule has 1 amide bonds. The standard InChI is InChI=1S/C15H21NO4/c1-19-11-3-4-14(17)13(9-11)15(18)16-6-5-10-7-12(8-10)20-2/h3-4,9-10,12,17H,5-8H2,1-2H3,(H,16,18). The first kappa shape index (κ1) is 14.7. The van der Waals surface area contributed by atoms with E-state index in [4.69, 9.17) is 9.47 Å². The van der Waals surface area contributed by atoms with E-state index in [1.165, 1.54) is 19.2 Å². The van der Waals surface area contributed by atoms with Crippen molar-refractivity contribution in [1.29, 1.82) is 0 Å². The average Bonchev–Trinajstić information content (AvgIpc) is 2.41. The molecule has 2 rings (SSSR count). The maximum Gasteiger partial charge on any atom is 0.255 e. The van der Waals surface area contributed by atoms with Gasteiger partial charge in [0.05, 0.1) is 18.8 Å². The molecule has 0 aliphatic heterocycles. The molecule has 20 heavy (non-hydrogen) atoms. The molecule has 0 radical (unpaired) electrons. The summed E-state index contributed by atoms with van der Waals surface area (Å²) >= 11 is 0. The van der Waals surface area contributed by atoms with Crippen LogP contribution >= 0.6 is 0 Å². The van der Waals surface area contributed by atoms with E-state index in [-0.39, 0.29) is 17.2 Å². The Balaban J connectivity index is 1.80. The smallest absolute Gasteiger partial charge is 0.255 e. The topological polar surface area (TPSA) is 67.8 Å². The molecule has 1 aliphatic carbocycles. The Bertz CT molecular complexity index is 469. The van der Waals surface area contributed by atoms with E-state index in [1.807, 2.05) is 0 Å². The van der Waals surface area contributed by atoms with Gasteiger partial charge in [0.25, 0.3) is 5.91 Å². The maximum atomic E-state index is 12.0. The third kappa shape index (κ3) is 3.42. The van der Waals surface area contributed by atoms with Gasteiger partial charge in [0.15, 0.2) is 0 Å². The van der Waals surface area contributed by atoms with Crippen molar-refractivity contribution in [2.75, 3.05) is 20.8 Å². The summed E-state index contributed by atoms with van der Waals surface area (Å²) < 4.78 is 10.3. The number of carbonyl (C=O) groups is 1. The molecule has 5 heteroatoms. The first-order chi connectivity index (χ1) is 9.63. The summed E-state index contributed by atoms with van der Waals surface area (Å²) in [6.45, 7) is 0.608. The SMILES string of the molecule is COc1ccc(O)c(C(=O)NCCC2CC(OC)C2)c1. The van der Waals surface area contributed by atoms with Crippen LogP contribution in [0.25, 0.3) is 0 Å². The van der Waals surface area contributed by atoms with E-state index >= 15 is 0 Å². The molecule has 2 N–H and O–H groups in total. The minimum atomic E-state index is -0.274. The van der Waals surface area contributed by atoms with Crippen molar-refractivity contribution in [2.45, 2.75) is 25.4 Å². The van der Waals surface area contributed by atoms with Gasteiger partial charge in [-0.25, -0.2) is 0 Å². The molecule has 0 bridgehead atoms. The van der Waals surface area contributed by atoms with Crippen molar-refractivity contribution < 1.29 is 19.4 Å². The van der Waals surface area contributed by atoms with Crippen LogP contribution in [0.15, 0.2) is 18.2 Å². The molecule has 1 fully saturated rings. The first-order valence-electron chi connectivity index (χ1n) is 6.82. The molecule has 0 heterocycles. The number of carbonyl (C=O) groups excluding carboxylic acids is 1. The van der Waals surface area contributed by atoms with Crippen LogP contribution in [-0.2, 0) is 4.74 Å². The van der Waals surface area contributed by atoms with Crippen LogP contribution in [0.3, 0.4) is 0 Å². The molecule has 1 aromatic carbocycles. The van der Waals surface area contributed by atoms with E-state index in [2.05, 4.69) is 5.32 Å². The highest BCUT2D eigenvalue weighted by atomic mass is 16.5. The molecular weight excluding hydrogens is 258 g/mol. The Morgan fingerprint density at radius 1 is 1.40 bits per heavy atom. The van der Waals surface area contributed by atoms with Crippen molar-refractivity contribution in [2.24, 2.45) is 5.92 Å². The zero-order chi connectivity index (χ0) is 14.5. The number of methoxy groups -OCH3 is 2. The fourth-order valence-corrected chi connectivity index (χ4v) is 2.41. The van der Waals surface area contributed by atoms with Crippen molar-refractivity contribution in [3.8, 4) is 11.5 Å². The zero-order valence-electron chi connectivity index (χ0n) is 11.9. The monoisotopic (exact) mass is 279 g/mol.